The fraction of sp³-hybridized carbons (Fsp3) is 0.533. The van der Waals surface area contributed by atoms with Crippen LogP contribution < -0.4 is 5.32 Å². The van der Waals surface area contributed by atoms with E-state index in [0.29, 0.717) is 12.0 Å². The molecule has 1 aliphatic carbocycles. The fourth-order valence-electron chi connectivity index (χ4n) is 2.25. The predicted molar refractivity (Wildman–Crippen MR) is 71.0 cm³/mol. The predicted octanol–water partition coefficient (Wildman–Crippen LogP) is 2.60. The number of nitrogens with zero attached hydrogens (tertiary/aromatic N) is 1. The zero-order valence-electron chi connectivity index (χ0n) is 11.2. The summed E-state index contributed by atoms with van der Waals surface area (Å²) in [6.07, 6.45) is 3.58. The molecule has 4 heteroatoms. The molecule has 0 atom stereocenters. The zero-order chi connectivity index (χ0) is 13.7. The third-order valence-electron chi connectivity index (χ3n) is 3.77. The van der Waals surface area contributed by atoms with Gasteiger partial charge in [0.15, 0.2) is 0 Å². The van der Waals surface area contributed by atoms with E-state index in [2.05, 4.69) is 5.32 Å². The topological polar surface area (TPSA) is 45.0 Å². The summed E-state index contributed by atoms with van der Waals surface area (Å²) >= 11 is 0. The Kier molecular flexibility index (Phi) is 4.52. The second-order valence-electron chi connectivity index (χ2n) is 5.27. The Hall–Kier alpha value is -1.44. The van der Waals surface area contributed by atoms with Crippen LogP contribution in [-0.2, 0) is 11.3 Å². The summed E-state index contributed by atoms with van der Waals surface area (Å²) in [4.78, 5) is 0. The van der Waals surface area contributed by atoms with Crippen molar-refractivity contribution in [2.75, 3.05) is 20.3 Å². The smallest absolute Gasteiger partial charge is 0.140 e. The van der Waals surface area contributed by atoms with Crippen molar-refractivity contribution in [2.24, 2.45) is 5.41 Å². The van der Waals surface area contributed by atoms with Gasteiger partial charge >= 0.3 is 0 Å². The molecule has 0 spiro atoms. The van der Waals surface area contributed by atoms with Crippen molar-refractivity contribution in [3.63, 3.8) is 0 Å². The van der Waals surface area contributed by atoms with E-state index in [1.807, 2.05) is 6.07 Å². The summed E-state index contributed by atoms with van der Waals surface area (Å²) in [6.45, 7) is 2.43. The van der Waals surface area contributed by atoms with Gasteiger partial charge in [0, 0.05) is 26.8 Å². The number of methoxy groups -OCH3 is 1. The number of benzene rings is 1. The van der Waals surface area contributed by atoms with Gasteiger partial charge in [-0.25, -0.2) is 4.39 Å². The summed E-state index contributed by atoms with van der Waals surface area (Å²) < 4.78 is 18.3. The summed E-state index contributed by atoms with van der Waals surface area (Å²) in [7, 11) is 1.73. The molecule has 1 aromatic carbocycles. The van der Waals surface area contributed by atoms with Gasteiger partial charge in [0.25, 0.3) is 0 Å². The van der Waals surface area contributed by atoms with Crippen LogP contribution in [0.25, 0.3) is 0 Å². The van der Waals surface area contributed by atoms with Crippen molar-refractivity contribution in [1.82, 2.24) is 5.32 Å². The monoisotopic (exact) mass is 262 g/mol. The van der Waals surface area contributed by atoms with E-state index in [0.717, 1.165) is 25.1 Å². The third kappa shape index (κ3) is 3.76. The van der Waals surface area contributed by atoms with E-state index in [1.54, 1.807) is 19.2 Å². The molecule has 0 saturated heterocycles. The Bertz CT molecular complexity index is 478. The highest BCUT2D eigenvalue weighted by molar-refractivity contribution is 5.34. The molecule has 3 nitrogen and oxygen atoms in total. The van der Waals surface area contributed by atoms with Crippen LogP contribution in [0, 0.1) is 22.6 Å². The van der Waals surface area contributed by atoms with Gasteiger partial charge in [-0.1, -0.05) is 6.07 Å². The number of halogens is 1. The first-order chi connectivity index (χ1) is 9.19. The molecular formula is C15H19FN2O. The summed E-state index contributed by atoms with van der Waals surface area (Å²) in [5.74, 6) is -0.454. The van der Waals surface area contributed by atoms with Crippen LogP contribution >= 0.6 is 0 Å². The van der Waals surface area contributed by atoms with E-state index < -0.39 is 5.82 Å². The van der Waals surface area contributed by atoms with Crippen LogP contribution in [0.5, 0.6) is 0 Å². The Labute approximate surface area is 113 Å². The van der Waals surface area contributed by atoms with Crippen molar-refractivity contribution in [2.45, 2.75) is 25.8 Å². The first-order valence-electron chi connectivity index (χ1n) is 6.57. The number of hydrogen-bond acceptors (Lipinski definition) is 3. The van der Waals surface area contributed by atoms with E-state index >= 15 is 0 Å². The maximum Gasteiger partial charge on any atom is 0.140 e. The zero-order valence-corrected chi connectivity index (χ0v) is 11.2. The maximum atomic E-state index is 13.2. The minimum Gasteiger partial charge on any atom is -0.385 e. The van der Waals surface area contributed by atoms with Crippen molar-refractivity contribution >= 4 is 0 Å². The SMILES string of the molecule is COCCC1(CNCc2ccc(F)c(C#N)c2)CC1. The fourth-order valence-corrected chi connectivity index (χ4v) is 2.25. The van der Waals surface area contributed by atoms with E-state index in [4.69, 9.17) is 10.00 Å². The Balaban J connectivity index is 1.82. The molecule has 1 fully saturated rings. The molecule has 19 heavy (non-hydrogen) atoms. The van der Waals surface area contributed by atoms with Gasteiger partial charge in [-0.05, 0) is 42.4 Å². The van der Waals surface area contributed by atoms with Gasteiger partial charge in [0.1, 0.15) is 11.9 Å². The molecule has 2 rings (SSSR count). The average molecular weight is 262 g/mol. The van der Waals surface area contributed by atoms with E-state index in [9.17, 15) is 4.39 Å². The van der Waals surface area contributed by atoms with Gasteiger partial charge in [-0.2, -0.15) is 5.26 Å². The van der Waals surface area contributed by atoms with Crippen molar-refractivity contribution in [3.05, 3.63) is 35.1 Å². The standard InChI is InChI=1S/C15H19FN2O/c1-19-7-6-15(4-5-15)11-18-10-12-2-3-14(16)13(8-12)9-17/h2-3,8,18H,4-7,10-11H2,1H3. The lowest BCUT2D eigenvalue weighted by Gasteiger charge is -2.15. The second-order valence-corrected chi connectivity index (χ2v) is 5.27. The quantitative estimate of drug-likeness (QED) is 0.821. The lowest BCUT2D eigenvalue weighted by molar-refractivity contribution is 0.171. The minimum absolute atomic E-state index is 0.111. The average Bonchev–Trinajstić information content (AvgIpc) is 3.19. The number of nitriles is 1. The highest BCUT2D eigenvalue weighted by Gasteiger charge is 2.41. The summed E-state index contributed by atoms with van der Waals surface area (Å²) in [6, 6.07) is 6.55. The lowest BCUT2D eigenvalue weighted by Crippen LogP contribution is -2.24. The van der Waals surface area contributed by atoms with Gasteiger partial charge in [-0.3, -0.25) is 0 Å². The van der Waals surface area contributed by atoms with Crippen LogP contribution in [0.1, 0.15) is 30.4 Å². The molecule has 0 aliphatic heterocycles. The molecule has 0 aromatic heterocycles. The van der Waals surface area contributed by atoms with Crippen molar-refractivity contribution < 1.29 is 9.13 Å². The first kappa shape index (κ1) is 14.0. The largest absolute Gasteiger partial charge is 0.385 e. The summed E-state index contributed by atoms with van der Waals surface area (Å²) in [5, 5.41) is 12.2. The van der Waals surface area contributed by atoms with Crippen LogP contribution in [0.2, 0.25) is 0 Å². The van der Waals surface area contributed by atoms with E-state index in [1.165, 1.54) is 18.9 Å². The molecule has 1 aliphatic rings. The first-order valence-corrected chi connectivity index (χ1v) is 6.57. The van der Waals surface area contributed by atoms with Gasteiger partial charge in [-0.15, -0.1) is 0 Å². The Morgan fingerprint density at radius 2 is 2.26 bits per heavy atom. The number of ether oxygens (including phenoxy) is 1. The number of hydrogen-bond donors (Lipinski definition) is 1. The van der Waals surface area contributed by atoms with Crippen LogP contribution in [0.3, 0.4) is 0 Å². The molecule has 102 valence electrons. The van der Waals surface area contributed by atoms with E-state index in [-0.39, 0.29) is 5.56 Å². The third-order valence-corrected chi connectivity index (χ3v) is 3.77. The van der Waals surface area contributed by atoms with Crippen molar-refractivity contribution in [3.8, 4) is 6.07 Å². The van der Waals surface area contributed by atoms with Gasteiger partial charge < -0.3 is 10.1 Å². The van der Waals surface area contributed by atoms with Crippen molar-refractivity contribution in [1.29, 1.82) is 5.26 Å². The molecule has 0 amide bonds. The molecular weight excluding hydrogens is 243 g/mol. The molecule has 0 unspecified atom stereocenters. The molecule has 1 saturated carbocycles. The Morgan fingerprint density at radius 3 is 2.89 bits per heavy atom. The highest BCUT2D eigenvalue weighted by atomic mass is 19.1. The molecule has 0 bridgehead atoms. The molecule has 1 aromatic rings. The Morgan fingerprint density at radius 1 is 1.47 bits per heavy atom. The van der Waals surface area contributed by atoms with Crippen LogP contribution in [0.4, 0.5) is 4.39 Å². The normalized spacial score (nSPS) is 16.1. The molecule has 0 radical (unpaired) electrons. The molecule has 1 N–H and O–H groups in total. The highest BCUT2D eigenvalue weighted by Crippen LogP contribution is 2.48. The van der Waals surface area contributed by atoms with Crippen LogP contribution in [0.15, 0.2) is 18.2 Å². The second kappa shape index (κ2) is 6.14. The van der Waals surface area contributed by atoms with Gasteiger partial charge in [0.2, 0.25) is 0 Å². The maximum absolute atomic E-state index is 13.2. The summed E-state index contributed by atoms with van der Waals surface area (Å²) in [5.41, 5.74) is 1.45. The van der Waals surface area contributed by atoms with Crippen LogP contribution in [-0.4, -0.2) is 20.3 Å². The molecule has 0 heterocycles. The minimum atomic E-state index is -0.454. The number of rotatable bonds is 7. The van der Waals surface area contributed by atoms with Gasteiger partial charge in [0.05, 0.1) is 5.56 Å². The lowest BCUT2D eigenvalue weighted by atomic mass is 10.0. The number of nitrogens with one attached hydrogen (secondary N) is 1.